The lowest BCUT2D eigenvalue weighted by Gasteiger charge is -2.14. The van der Waals surface area contributed by atoms with E-state index >= 15 is 0 Å². The van der Waals surface area contributed by atoms with Gasteiger partial charge in [0.15, 0.2) is 5.75 Å². The van der Waals surface area contributed by atoms with Gasteiger partial charge in [-0.2, -0.15) is 13.2 Å². The van der Waals surface area contributed by atoms with Crippen molar-refractivity contribution in [3.8, 4) is 5.75 Å². The molecule has 134 valence electrons. The molecule has 1 N–H and O–H groups in total. The molecule has 24 heavy (non-hydrogen) atoms. The van der Waals surface area contributed by atoms with Crippen LogP contribution in [0.1, 0.15) is 12.0 Å². The van der Waals surface area contributed by atoms with Crippen LogP contribution < -0.4 is 10.1 Å². The highest BCUT2D eigenvalue weighted by Gasteiger charge is 2.35. The number of nitro groups is 1. The molecule has 0 bridgehead atoms. The van der Waals surface area contributed by atoms with Gasteiger partial charge in [0.25, 0.3) is 0 Å². The molecule has 7 nitrogen and oxygen atoms in total. The number of nitrogens with one attached hydrogen (secondary N) is 1. The molecule has 0 amide bonds. The van der Waals surface area contributed by atoms with Crippen molar-refractivity contribution >= 4 is 24.1 Å². The van der Waals surface area contributed by atoms with E-state index in [-0.39, 0.29) is 31.1 Å². The summed E-state index contributed by atoms with van der Waals surface area (Å²) in [7, 11) is 1.22. The van der Waals surface area contributed by atoms with Crippen LogP contribution >= 0.6 is 12.4 Å². The number of benzene rings is 1. The zero-order valence-electron chi connectivity index (χ0n) is 12.3. The highest BCUT2D eigenvalue weighted by molar-refractivity contribution is 5.85. The number of hydrogen-bond acceptors (Lipinski definition) is 6. The zero-order chi connectivity index (χ0) is 17.2. The molecule has 0 radical (unpaired) electrons. The van der Waals surface area contributed by atoms with Gasteiger partial charge < -0.3 is 14.8 Å². The topological polar surface area (TPSA) is 90.7 Å². The molecule has 0 aromatic heterocycles. The Morgan fingerprint density at radius 3 is 2.62 bits per heavy atom. The van der Waals surface area contributed by atoms with Gasteiger partial charge in [-0.25, -0.2) is 0 Å². The summed E-state index contributed by atoms with van der Waals surface area (Å²) in [5.41, 5.74) is -1.91. The second-order valence-electron chi connectivity index (χ2n) is 4.90. The molecule has 0 aliphatic carbocycles. The molecule has 0 unspecified atom stereocenters. The first-order valence-electron chi connectivity index (χ1n) is 6.56. The highest BCUT2D eigenvalue weighted by atomic mass is 35.5. The van der Waals surface area contributed by atoms with Gasteiger partial charge in [0.05, 0.1) is 17.6 Å². The summed E-state index contributed by atoms with van der Waals surface area (Å²) in [6, 6.07) is 1.43. The van der Waals surface area contributed by atoms with Crippen molar-refractivity contribution in [2.45, 2.75) is 24.7 Å². The number of alkyl halides is 3. The van der Waals surface area contributed by atoms with E-state index in [9.17, 15) is 28.1 Å². The van der Waals surface area contributed by atoms with E-state index < -0.39 is 40.5 Å². The second kappa shape index (κ2) is 7.67. The van der Waals surface area contributed by atoms with Gasteiger partial charge in [0, 0.05) is 19.0 Å². The van der Waals surface area contributed by atoms with Gasteiger partial charge in [-0.15, -0.1) is 12.4 Å². The van der Waals surface area contributed by atoms with Crippen LogP contribution in [0.3, 0.4) is 0 Å². The first-order chi connectivity index (χ1) is 10.7. The Labute approximate surface area is 140 Å². The number of methoxy groups -OCH3 is 1. The van der Waals surface area contributed by atoms with Crippen molar-refractivity contribution in [2.24, 2.45) is 0 Å². The lowest BCUT2D eigenvalue weighted by Crippen LogP contribution is -2.31. The van der Waals surface area contributed by atoms with E-state index in [4.69, 9.17) is 4.74 Å². The summed E-state index contributed by atoms with van der Waals surface area (Å²) in [6.07, 6.45) is -5.08. The maximum atomic E-state index is 12.6. The van der Waals surface area contributed by atoms with Crippen molar-refractivity contribution in [1.82, 2.24) is 5.32 Å². The van der Waals surface area contributed by atoms with Crippen LogP contribution in [0.2, 0.25) is 0 Å². The summed E-state index contributed by atoms with van der Waals surface area (Å²) in [5.74, 6) is -0.779. The SMILES string of the molecule is COC(=O)[C@@H]1C[C@@H](Oc2ccc(C(F)(F)F)cc2[N+](=O)[O-])CN1.Cl. The minimum absolute atomic E-state index is 0. The molecular formula is C13H14ClF3N2O5. The molecule has 1 aromatic rings. The molecular weight excluding hydrogens is 357 g/mol. The monoisotopic (exact) mass is 370 g/mol. The van der Waals surface area contributed by atoms with Crippen LogP contribution in [0.4, 0.5) is 18.9 Å². The van der Waals surface area contributed by atoms with Gasteiger partial charge in [-0.05, 0) is 12.1 Å². The van der Waals surface area contributed by atoms with Crippen molar-refractivity contribution < 1.29 is 32.4 Å². The van der Waals surface area contributed by atoms with E-state index in [1.165, 1.54) is 7.11 Å². The van der Waals surface area contributed by atoms with Gasteiger partial charge in [0.1, 0.15) is 12.1 Å². The lowest BCUT2D eigenvalue weighted by atomic mass is 10.1. The van der Waals surface area contributed by atoms with E-state index in [0.717, 1.165) is 6.07 Å². The smallest absolute Gasteiger partial charge is 0.416 e. The predicted molar refractivity (Wildman–Crippen MR) is 78.2 cm³/mol. The van der Waals surface area contributed by atoms with Crippen molar-refractivity contribution in [3.05, 3.63) is 33.9 Å². The maximum Gasteiger partial charge on any atom is 0.416 e. The van der Waals surface area contributed by atoms with Gasteiger partial charge in [-0.1, -0.05) is 0 Å². The average molecular weight is 371 g/mol. The maximum absolute atomic E-state index is 12.6. The molecule has 1 saturated heterocycles. The fourth-order valence-electron chi connectivity index (χ4n) is 2.23. The fraction of sp³-hybridized carbons (Fsp3) is 0.462. The van der Waals surface area contributed by atoms with E-state index in [2.05, 4.69) is 10.1 Å². The average Bonchev–Trinajstić information content (AvgIpc) is 2.94. The molecule has 2 rings (SSSR count). The second-order valence-corrected chi connectivity index (χ2v) is 4.90. The Kier molecular flexibility index (Phi) is 6.38. The number of rotatable bonds is 4. The number of nitro benzene ring substituents is 1. The Bertz CT molecular complexity index is 626. The molecule has 1 fully saturated rings. The molecule has 0 saturated carbocycles. The lowest BCUT2D eigenvalue weighted by molar-refractivity contribution is -0.386. The van der Waals surface area contributed by atoms with Gasteiger partial charge in [0.2, 0.25) is 0 Å². The third kappa shape index (κ3) is 4.48. The highest BCUT2D eigenvalue weighted by Crippen LogP contribution is 2.36. The Balaban J connectivity index is 0.00000288. The Morgan fingerprint density at radius 2 is 2.08 bits per heavy atom. The molecule has 11 heteroatoms. The largest absolute Gasteiger partial charge is 0.482 e. The van der Waals surface area contributed by atoms with Crippen molar-refractivity contribution in [1.29, 1.82) is 0 Å². The number of hydrogen-bond donors (Lipinski definition) is 1. The number of ether oxygens (including phenoxy) is 2. The Hall–Kier alpha value is -2.07. The fourth-order valence-corrected chi connectivity index (χ4v) is 2.23. The van der Waals surface area contributed by atoms with E-state index in [0.29, 0.717) is 12.1 Å². The van der Waals surface area contributed by atoms with E-state index in [1.807, 2.05) is 0 Å². The summed E-state index contributed by atoms with van der Waals surface area (Å²) in [5, 5.41) is 13.8. The summed E-state index contributed by atoms with van der Waals surface area (Å²) >= 11 is 0. The minimum Gasteiger partial charge on any atom is -0.482 e. The molecule has 1 aliphatic rings. The molecule has 0 spiro atoms. The van der Waals surface area contributed by atoms with Crippen LogP contribution in [-0.2, 0) is 15.7 Å². The Morgan fingerprint density at radius 1 is 1.42 bits per heavy atom. The summed E-state index contributed by atoms with van der Waals surface area (Å²) < 4.78 is 47.8. The van der Waals surface area contributed by atoms with Crippen LogP contribution in [-0.4, -0.2) is 36.7 Å². The number of nitrogens with zero attached hydrogens (tertiary/aromatic N) is 1. The van der Waals surface area contributed by atoms with Gasteiger partial charge in [-0.3, -0.25) is 14.9 Å². The third-order valence-electron chi connectivity index (χ3n) is 3.35. The zero-order valence-corrected chi connectivity index (χ0v) is 13.1. The quantitative estimate of drug-likeness (QED) is 0.497. The normalized spacial score (nSPS) is 20.2. The van der Waals surface area contributed by atoms with Gasteiger partial charge >= 0.3 is 17.8 Å². The molecule has 1 aliphatic heterocycles. The van der Waals surface area contributed by atoms with Crippen molar-refractivity contribution in [3.63, 3.8) is 0 Å². The van der Waals surface area contributed by atoms with Crippen molar-refractivity contribution in [2.75, 3.05) is 13.7 Å². The number of carbonyl (C=O) groups excluding carboxylic acids is 1. The third-order valence-corrected chi connectivity index (χ3v) is 3.35. The predicted octanol–water partition coefficient (Wildman–Crippen LogP) is 2.32. The minimum atomic E-state index is -4.69. The van der Waals surface area contributed by atoms with Crippen LogP contribution in [0.15, 0.2) is 18.2 Å². The standard InChI is InChI=1S/C13H13F3N2O5.ClH/c1-22-12(19)9-5-8(6-17-9)23-11-3-2-7(13(14,15)16)4-10(11)18(20)21;/h2-4,8-9,17H,5-6H2,1H3;1H/t8-,9+;/m1./s1. The molecule has 1 aromatic carbocycles. The first-order valence-corrected chi connectivity index (χ1v) is 6.56. The first kappa shape index (κ1) is 20.0. The molecule has 2 atom stereocenters. The van der Waals surface area contributed by atoms with Crippen LogP contribution in [0.25, 0.3) is 0 Å². The molecule has 1 heterocycles. The van der Waals surface area contributed by atoms with Crippen LogP contribution in [0, 0.1) is 10.1 Å². The summed E-state index contributed by atoms with van der Waals surface area (Å²) in [4.78, 5) is 21.4. The van der Waals surface area contributed by atoms with Crippen LogP contribution in [0.5, 0.6) is 5.75 Å². The number of esters is 1. The number of halogens is 4. The van der Waals surface area contributed by atoms with E-state index in [1.54, 1.807) is 0 Å². The summed E-state index contributed by atoms with van der Waals surface area (Å²) in [6.45, 7) is 0.220. The number of carbonyl (C=O) groups is 1.